The molecule has 0 aliphatic carbocycles. The third kappa shape index (κ3) is 3.10. The normalized spacial score (nSPS) is 23.9. The minimum atomic E-state index is 0.567. The Labute approximate surface area is 106 Å². The lowest BCUT2D eigenvalue weighted by Crippen LogP contribution is -2.38. The fraction of sp³-hybridized carbons (Fsp3) is 0.625. The second-order valence-electron chi connectivity index (χ2n) is 5.73. The Balaban J connectivity index is 2.02. The first-order chi connectivity index (χ1) is 8.18. The highest BCUT2D eigenvalue weighted by Gasteiger charge is 2.25. The lowest BCUT2D eigenvalue weighted by atomic mass is 9.87. The molecular formula is C16H25N. The highest BCUT2D eigenvalue weighted by Crippen LogP contribution is 2.29. The van der Waals surface area contributed by atoms with E-state index in [2.05, 4.69) is 56.0 Å². The van der Waals surface area contributed by atoms with E-state index in [0.29, 0.717) is 6.04 Å². The molecule has 0 bridgehead atoms. The molecule has 0 spiro atoms. The summed E-state index contributed by atoms with van der Waals surface area (Å²) in [5, 5.41) is 0. The molecule has 1 fully saturated rings. The Hall–Kier alpha value is -0.820. The summed E-state index contributed by atoms with van der Waals surface area (Å²) in [4.78, 5) is 2.66. The minimum Gasteiger partial charge on any atom is -0.296 e. The molecule has 1 aromatic carbocycles. The number of hydrogen-bond acceptors (Lipinski definition) is 1. The second kappa shape index (κ2) is 5.68. The Bertz CT molecular complexity index is 331. The van der Waals surface area contributed by atoms with Gasteiger partial charge in [-0.15, -0.1) is 0 Å². The van der Waals surface area contributed by atoms with E-state index in [0.717, 1.165) is 11.8 Å². The molecule has 1 aliphatic heterocycles. The van der Waals surface area contributed by atoms with Crippen molar-refractivity contribution in [2.75, 3.05) is 13.1 Å². The largest absolute Gasteiger partial charge is 0.296 e. The van der Waals surface area contributed by atoms with Gasteiger partial charge in [-0.1, -0.05) is 44.2 Å². The fourth-order valence-electron chi connectivity index (χ4n) is 2.88. The molecule has 1 saturated heterocycles. The lowest BCUT2D eigenvalue weighted by molar-refractivity contribution is 0.109. The van der Waals surface area contributed by atoms with E-state index in [1.54, 1.807) is 0 Å². The van der Waals surface area contributed by atoms with E-state index >= 15 is 0 Å². The van der Waals surface area contributed by atoms with Gasteiger partial charge in [-0.25, -0.2) is 0 Å². The highest BCUT2D eigenvalue weighted by molar-refractivity contribution is 5.18. The molecule has 0 aromatic heterocycles. The molecule has 2 atom stereocenters. The van der Waals surface area contributed by atoms with Gasteiger partial charge in [-0.2, -0.15) is 0 Å². The van der Waals surface area contributed by atoms with Crippen LogP contribution in [0.3, 0.4) is 0 Å². The molecule has 1 nitrogen and oxygen atoms in total. The van der Waals surface area contributed by atoms with Crippen LogP contribution in [0.4, 0.5) is 0 Å². The first kappa shape index (κ1) is 12.6. The third-order valence-corrected chi connectivity index (χ3v) is 4.26. The van der Waals surface area contributed by atoms with Crippen molar-refractivity contribution in [3.05, 3.63) is 35.9 Å². The quantitative estimate of drug-likeness (QED) is 0.756. The standard InChI is InChI=1S/C16H25N/c1-13(2)16-10-7-11-17(12-16)14(3)15-8-5-4-6-9-15/h4-6,8-9,13-14,16H,7,10-12H2,1-3H3/t14-,16-/m0/s1. The van der Waals surface area contributed by atoms with Crippen molar-refractivity contribution in [3.63, 3.8) is 0 Å². The van der Waals surface area contributed by atoms with Crippen LogP contribution in [0.15, 0.2) is 30.3 Å². The van der Waals surface area contributed by atoms with E-state index in [1.807, 2.05) is 0 Å². The van der Waals surface area contributed by atoms with Crippen LogP contribution in [0.5, 0.6) is 0 Å². The summed E-state index contributed by atoms with van der Waals surface area (Å²) >= 11 is 0. The molecule has 1 heteroatoms. The third-order valence-electron chi connectivity index (χ3n) is 4.26. The predicted molar refractivity (Wildman–Crippen MR) is 74.0 cm³/mol. The van der Waals surface area contributed by atoms with E-state index in [1.165, 1.54) is 31.5 Å². The van der Waals surface area contributed by atoms with Crippen LogP contribution in [0.25, 0.3) is 0 Å². The second-order valence-corrected chi connectivity index (χ2v) is 5.73. The molecule has 2 rings (SSSR count). The highest BCUT2D eigenvalue weighted by atomic mass is 15.2. The summed E-state index contributed by atoms with van der Waals surface area (Å²) in [6.07, 6.45) is 2.77. The Kier molecular flexibility index (Phi) is 4.22. The Morgan fingerprint density at radius 2 is 1.82 bits per heavy atom. The molecule has 1 heterocycles. The monoisotopic (exact) mass is 231 g/mol. The van der Waals surface area contributed by atoms with Crippen LogP contribution in [0.1, 0.15) is 45.2 Å². The first-order valence-electron chi connectivity index (χ1n) is 6.97. The van der Waals surface area contributed by atoms with Gasteiger partial charge in [-0.05, 0) is 43.7 Å². The van der Waals surface area contributed by atoms with Crippen molar-refractivity contribution in [1.29, 1.82) is 0 Å². The number of piperidine rings is 1. The van der Waals surface area contributed by atoms with Crippen molar-refractivity contribution >= 4 is 0 Å². The topological polar surface area (TPSA) is 3.24 Å². The van der Waals surface area contributed by atoms with Crippen molar-refractivity contribution < 1.29 is 0 Å². The van der Waals surface area contributed by atoms with E-state index in [9.17, 15) is 0 Å². The van der Waals surface area contributed by atoms with E-state index < -0.39 is 0 Å². The van der Waals surface area contributed by atoms with E-state index in [4.69, 9.17) is 0 Å². The average molecular weight is 231 g/mol. The zero-order valence-electron chi connectivity index (χ0n) is 11.4. The summed E-state index contributed by atoms with van der Waals surface area (Å²) in [6.45, 7) is 9.60. The zero-order chi connectivity index (χ0) is 12.3. The maximum atomic E-state index is 2.66. The molecule has 94 valence electrons. The molecule has 17 heavy (non-hydrogen) atoms. The molecule has 0 N–H and O–H groups in total. The van der Waals surface area contributed by atoms with Crippen molar-refractivity contribution in [2.24, 2.45) is 11.8 Å². The van der Waals surface area contributed by atoms with Crippen molar-refractivity contribution in [1.82, 2.24) is 4.90 Å². The molecule has 1 aromatic rings. The van der Waals surface area contributed by atoms with Gasteiger partial charge in [0, 0.05) is 12.6 Å². The number of benzene rings is 1. The SMILES string of the molecule is CC(C)[C@H]1CCCN([C@@H](C)c2ccccc2)C1. The van der Waals surface area contributed by atoms with Crippen LogP contribution < -0.4 is 0 Å². The maximum absolute atomic E-state index is 2.66. The van der Waals surface area contributed by atoms with Crippen LogP contribution in [-0.2, 0) is 0 Å². The summed E-state index contributed by atoms with van der Waals surface area (Å²) in [7, 11) is 0. The fourth-order valence-corrected chi connectivity index (χ4v) is 2.88. The van der Waals surface area contributed by atoms with Gasteiger partial charge in [0.25, 0.3) is 0 Å². The number of rotatable bonds is 3. The summed E-state index contributed by atoms with van der Waals surface area (Å²) in [5.74, 6) is 1.70. The summed E-state index contributed by atoms with van der Waals surface area (Å²) in [6, 6.07) is 11.5. The van der Waals surface area contributed by atoms with Crippen molar-refractivity contribution in [2.45, 2.75) is 39.7 Å². The van der Waals surface area contributed by atoms with Gasteiger partial charge in [0.1, 0.15) is 0 Å². The number of nitrogens with zero attached hydrogens (tertiary/aromatic N) is 1. The van der Waals surface area contributed by atoms with Crippen molar-refractivity contribution in [3.8, 4) is 0 Å². The molecular weight excluding hydrogens is 206 g/mol. The molecule has 0 radical (unpaired) electrons. The van der Waals surface area contributed by atoms with Gasteiger partial charge in [0.15, 0.2) is 0 Å². The van der Waals surface area contributed by atoms with Crippen LogP contribution in [0.2, 0.25) is 0 Å². The predicted octanol–water partition coefficient (Wildman–Crippen LogP) is 4.12. The van der Waals surface area contributed by atoms with Gasteiger partial charge < -0.3 is 0 Å². The summed E-state index contributed by atoms with van der Waals surface area (Å²) in [5.41, 5.74) is 1.46. The van der Waals surface area contributed by atoms with Crippen LogP contribution in [-0.4, -0.2) is 18.0 Å². The van der Waals surface area contributed by atoms with Gasteiger partial charge in [0.2, 0.25) is 0 Å². The molecule has 1 aliphatic rings. The lowest BCUT2D eigenvalue weighted by Gasteiger charge is -2.38. The van der Waals surface area contributed by atoms with Crippen LogP contribution in [0, 0.1) is 11.8 Å². The average Bonchev–Trinajstić information content (AvgIpc) is 2.39. The van der Waals surface area contributed by atoms with Gasteiger partial charge in [0.05, 0.1) is 0 Å². The molecule has 0 amide bonds. The van der Waals surface area contributed by atoms with Gasteiger partial charge in [-0.3, -0.25) is 4.90 Å². The smallest absolute Gasteiger partial charge is 0.0319 e. The molecule has 0 saturated carbocycles. The maximum Gasteiger partial charge on any atom is 0.0319 e. The zero-order valence-corrected chi connectivity index (χ0v) is 11.4. The van der Waals surface area contributed by atoms with Gasteiger partial charge >= 0.3 is 0 Å². The summed E-state index contributed by atoms with van der Waals surface area (Å²) < 4.78 is 0. The molecule has 0 unspecified atom stereocenters. The van der Waals surface area contributed by atoms with Crippen LogP contribution >= 0.6 is 0 Å². The number of hydrogen-bond donors (Lipinski definition) is 0. The van der Waals surface area contributed by atoms with E-state index in [-0.39, 0.29) is 0 Å². The Morgan fingerprint density at radius 1 is 1.12 bits per heavy atom. The Morgan fingerprint density at radius 3 is 2.47 bits per heavy atom. The first-order valence-corrected chi connectivity index (χ1v) is 6.97. The number of likely N-dealkylation sites (tertiary alicyclic amines) is 1. The minimum absolute atomic E-state index is 0.567.